The molecule has 0 aliphatic rings. The highest BCUT2D eigenvalue weighted by Crippen LogP contribution is 2.13. The monoisotopic (exact) mass is 276 g/mol. The van der Waals surface area contributed by atoms with Gasteiger partial charge in [-0.15, -0.1) is 0 Å². The number of hydrogen-bond donors (Lipinski definition) is 1. The second-order valence-corrected chi connectivity index (χ2v) is 5.11. The summed E-state index contributed by atoms with van der Waals surface area (Å²) in [7, 11) is -4.04. The van der Waals surface area contributed by atoms with Crippen molar-refractivity contribution in [1.82, 2.24) is 4.72 Å². The SMILES string of the molecule is C/C=C/C=C/C(=O)NS(=O)(=O)c1ccccc1C#N. The van der Waals surface area contributed by atoms with Gasteiger partial charge in [-0.3, -0.25) is 4.79 Å². The first kappa shape index (κ1) is 14.7. The van der Waals surface area contributed by atoms with E-state index in [1.165, 1.54) is 24.3 Å². The molecule has 1 amide bonds. The standard InChI is InChI=1S/C13H12N2O3S/c1-2-3-4-9-13(16)15-19(17,18)12-8-6-5-7-11(12)10-14/h2-9H,1H3,(H,15,16)/b3-2+,9-4+. The highest BCUT2D eigenvalue weighted by atomic mass is 32.2. The predicted molar refractivity (Wildman–Crippen MR) is 70.4 cm³/mol. The lowest BCUT2D eigenvalue weighted by Gasteiger charge is -2.05. The number of carbonyl (C=O) groups excluding carboxylic acids is 1. The van der Waals surface area contributed by atoms with Crippen molar-refractivity contribution in [3.05, 3.63) is 54.1 Å². The number of rotatable bonds is 4. The van der Waals surface area contributed by atoms with Crippen molar-refractivity contribution >= 4 is 15.9 Å². The van der Waals surface area contributed by atoms with Gasteiger partial charge in [-0.2, -0.15) is 5.26 Å². The van der Waals surface area contributed by atoms with Crippen LogP contribution in [0, 0.1) is 11.3 Å². The lowest BCUT2D eigenvalue weighted by Crippen LogP contribution is -2.29. The molecule has 0 aliphatic carbocycles. The molecule has 0 aromatic heterocycles. The summed E-state index contributed by atoms with van der Waals surface area (Å²) in [4.78, 5) is 11.2. The highest BCUT2D eigenvalue weighted by Gasteiger charge is 2.19. The Balaban J connectivity index is 3.00. The van der Waals surface area contributed by atoms with Gasteiger partial charge in [-0.05, 0) is 19.1 Å². The predicted octanol–water partition coefficient (Wildman–Crippen LogP) is 1.50. The van der Waals surface area contributed by atoms with Crippen molar-refractivity contribution in [2.24, 2.45) is 0 Å². The summed E-state index contributed by atoms with van der Waals surface area (Å²) >= 11 is 0. The third kappa shape index (κ3) is 4.08. The van der Waals surface area contributed by atoms with Crippen molar-refractivity contribution in [3.63, 3.8) is 0 Å². The summed E-state index contributed by atoms with van der Waals surface area (Å²) in [6, 6.07) is 7.43. The summed E-state index contributed by atoms with van der Waals surface area (Å²) < 4.78 is 25.7. The first-order valence-corrected chi connectivity index (χ1v) is 6.85. The number of hydrogen-bond acceptors (Lipinski definition) is 4. The van der Waals surface area contributed by atoms with E-state index >= 15 is 0 Å². The Morgan fingerprint density at radius 2 is 2.00 bits per heavy atom. The number of amides is 1. The lowest BCUT2D eigenvalue weighted by atomic mass is 10.2. The van der Waals surface area contributed by atoms with Gasteiger partial charge in [0.15, 0.2) is 0 Å². The maximum Gasteiger partial charge on any atom is 0.265 e. The fourth-order valence-electron chi connectivity index (χ4n) is 1.27. The van der Waals surface area contributed by atoms with Crippen LogP contribution < -0.4 is 4.72 Å². The fraction of sp³-hybridized carbons (Fsp3) is 0.0769. The molecule has 1 N–H and O–H groups in total. The van der Waals surface area contributed by atoms with E-state index in [9.17, 15) is 13.2 Å². The summed E-state index contributed by atoms with van der Waals surface area (Å²) in [5.41, 5.74) is -0.0137. The molecule has 1 aromatic carbocycles. The highest BCUT2D eigenvalue weighted by molar-refractivity contribution is 7.90. The molecule has 1 rings (SSSR count). The minimum absolute atomic E-state index is 0.0137. The second-order valence-electron chi connectivity index (χ2n) is 3.46. The number of allylic oxidation sites excluding steroid dienone is 3. The molecule has 0 heterocycles. The first-order chi connectivity index (χ1) is 9.01. The van der Waals surface area contributed by atoms with Crippen molar-refractivity contribution in [3.8, 4) is 6.07 Å². The smallest absolute Gasteiger partial charge is 0.265 e. The minimum Gasteiger partial charge on any atom is -0.269 e. The molecule has 0 fully saturated rings. The van der Waals surface area contributed by atoms with Crippen LogP contribution in [-0.4, -0.2) is 14.3 Å². The second kappa shape index (κ2) is 6.52. The third-order valence-electron chi connectivity index (χ3n) is 2.08. The van der Waals surface area contributed by atoms with Crippen molar-refractivity contribution in [1.29, 1.82) is 5.26 Å². The number of nitrogens with zero attached hydrogens (tertiary/aromatic N) is 1. The zero-order chi connectivity index (χ0) is 14.3. The van der Waals surface area contributed by atoms with E-state index in [-0.39, 0.29) is 10.5 Å². The minimum atomic E-state index is -4.04. The zero-order valence-corrected chi connectivity index (χ0v) is 11.0. The number of sulfonamides is 1. The fourth-order valence-corrected chi connectivity index (χ4v) is 2.37. The Hall–Kier alpha value is -2.39. The van der Waals surface area contributed by atoms with E-state index in [1.807, 2.05) is 4.72 Å². The van der Waals surface area contributed by atoms with Crippen LogP contribution in [0.4, 0.5) is 0 Å². The molecular weight excluding hydrogens is 264 g/mol. The Bertz CT molecular complexity index is 667. The molecule has 0 aliphatic heterocycles. The molecular formula is C13H12N2O3S. The maximum absolute atomic E-state index is 11.9. The van der Waals surface area contributed by atoms with Crippen LogP contribution in [0.3, 0.4) is 0 Å². The summed E-state index contributed by atoms with van der Waals surface area (Å²) in [5, 5.41) is 8.84. The van der Waals surface area contributed by atoms with Gasteiger partial charge in [0.1, 0.15) is 11.0 Å². The summed E-state index contributed by atoms with van der Waals surface area (Å²) in [5.74, 6) is -0.772. The van der Waals surface area contributed by atoms with E-state index in [0.29, 0.717) is 0 Å². The quantitative estimate of drug-likeness (QED) is 0.666. The Morgan fingerprint density at radius 1 is 1.32 bits per heavy atom. The van der Waals surface area contributed by atoms with E-state index in [2.05, 4.69) is 0 Å². The molecule has 19 heavy (non-hydrogen) atoms. The topological polar surface area (TPSA) is 87.0 Å². The van der Waals surface area contributed by atoms with Crippen LogP contribution in [0.2, 0.25) is 0 Å². The Kier molecular flexibility index (Phi) is 5.03. The number of nitriles is 1. The maximum atomic E-state index is 11.9. The van der Waals surface area contributed by atoms with Crippen LogP contribution in [0.5, 0.6) is 0 Å². The average molecular weight is 276 g/mol. The van der Waals surface area contributed by atoms with Crippen LogP contribution >= 0.6 is 0 Å². The molecule has 6 heteroatoms. The molecule has 0 radical (unpaired) electrons. The Labute approximate surface area is 111 Å². The van der Waals surface area contributed by atoms with Gasteiger partial charge < -0.3 is 0 Å². The van der Waals surface area contributed by atoms with E-state index in [1.54, 1.807) is 31.2 Å². The van der Waals surface area contributed by atoms with Crippen LogP contribution in [0.15, 0.2) is 53.5 Å². The first-order valence-electron chi connectivity index (χ1n) is 5.36. The molecule has 5 nitrogen and oxygen atoms in total. The van der Waals surface area contributed by atoms with E-state index in [0.717, 1.165) is 6.08 Å². The summed E-state index contributed by atoms with van der Waals surface area (Å²) in [6.07, 6.45) is 5.80. The molecule has 0 atom stereocenters. The van der Waals surface area contributed by atoms with Crippen molar-refractivity contribution in [2.75, 3.05) is 0 Å². The van der Waals surface area contributed by atoms with E-state index < -0.39 is 15.9 Å². The van der Waals surface area contributed by atoms with Gasteiger partial charge in [0.25, 0.3) is 15.9 Å². The molecule has 0 bridgehead atoms. The van der Waals surface area contributed by atoms with Gasteiger partial charge in [-0.25, -0.2) is 13.1 Å². The van der Waals surface area contributed by atoms with Gasteiger partial charge >= 0.3 is 0 Å². The van der Waals surface area contributed by atoms with Gasteiger partial charge in [0, 0.05) is 6.08 Å². The molecule has 0 saturated carbocycles. The molecule has 0 spiro atoms. The molecule has 0 unspecified atom stereocenters. The van der Waals surface area contributed by atoms with Gasteiger partial charge in [0.2, 0.25) is 0 Å². The molecule has 0 saturated heterocycles. The largest absolute Gasteiger partial charge is 0.269 e. The van der Waals surface area contributed by atoms with Gasteiger partial charge in [0.05, 0.1) is 5.56 Å². The van der Waals surface area contributed by atoms with Gasteiger partial charge in [-0.1, -0.05) is 30.4 Å². The summed E-state index contributed by atoms with van der Waals surface area (Å²) in [6.45, 7) is 1.77. The lowest BCUT2D eigenvalue weighted by molar-refractivity contribution is -0.114. The number of nitrogens with one attached hydrogen (secondary N) is 1. The number of carbonyl (C=O) groups is 1. The molecule has 1 aromatic rings. The normalized spacial score (nSPS) is 11.6. The molecule has 98 valence electrons. The third-order valence-corrected chi connectivity index (χ3v) is 3.49. The van der Waals surface area contributed by atoms with Crippen molar-refractivity contribution < 1.29 is 13.2 Å². The average Bonchev–Trinajstić information content (AvgIpc) is 2.38. The van der Waals surface area contributed by atoms with Crippen LogP contribution in [0.25, 0.3) is 0 Å². The van der Waals surface area contributed by atoms with Crippen LogP contribution in [-0.2, 0) is 14.8 Å². The van der Waals surface area contributed by atoms with E-state index in [4.69, 9.17) is 5.26 Å². The zero-order valence-electron chi connectivity index (χ0n) is 10.2. The number of benzene rings is 1. The van der Waals surface area contributed by atoms with Crippen molar-refractivity contribution in [2.45, 2.75) is 11.8 Å². The van der Waals surface area contributed by atoms with Crippen LogP contribution in [0.1, 0.15) is 12.5 Å². The Morgan fingerprint density at radius 3 is 2.63 bits per heavy atom.